The first kappa shape index (κ1) is 11.3. The molecule has 0 aliphatic rings. The van der Waals surface area contributed by atoms with Gasteiger partial charge in [0.2, 0.25) is 0 Å². The van der Waals surface area contributed by atoms with Gasteiger partial charge in [-0.25, -0.2) is 0 Å². The van der Waals surface area contributed by atoms with Crippen molar-refractivity contribution in [2.75, 3.05) is 18.6 Å². The Morgan fingerprint density at radius 1 is 1.57 bits per heavy atom. The van der Waals surface area contributed by atoms with Crippen LogP contribution in [0.25, 0.3) is 0 Å². The van der Waals surface area contributed by atoms with Crippen LogP contribution >= 0.6 is 23.4 Å². The van der Waals surface area contributed by atoms with Crippen LogP contribution in [0.15, 0.2) is 34.7 Å². The highest BCUT2D eigenvalue weighted by molar-refractivity contribution is 7.99. The molecule has 2 nitrogen and oxygen atoms in total. The van der Waals surface area contributed by atoms with E-state index in [4.69, 9.17) is 22.1 Å². The van der Waals surface area contributed by atoms with Gasteiger partial charge in [0.1, 0.15) is 5.75 Å². The van der Waals surface area contributed by atoms with Gasteiger partial charge < -0.3 is 10.5 Å². The van der Waals surface area contributed by atoms with E-state index in [9.17, 15) is 0 Å². The van der Waals surface area contributed by atoms with E-state index in [0.29, 0.717) is 5.69 Å². The third-order valence-electron chi connectivity index (χ3n) is 1.61. The molecule has 0 heterocycles. The van der Waals surface area contributed by atoms with Gasteiger partial charge in [0.25, 0.3) is 0 Å². The van der Waals surface area contributed by atoms with E-state index in [2.05, 4.69) is 0 Å². The average molecular weight is 230 g/mol. The lowest BCUT2D eigenvalue weighted by Crippen LogP contribution is -1.90. The minimum Gasteiger partial charge on any atom is -0.496 e. The standard InChI is InChI=1S/C10H12ClNOS/c1-13-9-7-8(12)3-4-10(9)14-6-2-5-11/h2-5,7H,6,12H2,1H3. The van der Waals surface area contributed by atoms with Crippen LogP contribution in [0.3, 0.4) is 0 Å². The molecule has 0 unspecified atom stereocenters. The van der Waals surface area contributed by atoms with E-state index in [1.54, 1.807) is 18.9 Å². The Morgan fingerprint density at radius 2 is 2.36 bits per heavy atom. The summed E-state index contributed by atoms with van der Waals surface area (Å²) in [7, 11) is 1.64. The van der Waals surface area contributed by atoms with Crippen LogP contribution in [0.1, 0.15) is 0 Å². The zero-order chi connectivity index (χ0) is 10.4. The molecule has 1 aromatic rings. The van der Waals surface area contributed by atoms with Crippen molar-refractivity contribution in [1.29, 1.82) is 0 Å². The second kappa shape index (κ2) is 5.83. The molecule has 0 aliphatic carbocycles. The summed E-state index contributed by atoms with van der Waals surface area (Å²) in [6.45, 7) is 0. The van der Waals surface area contributed by atoms with Crippen LogP contribution < -0.4 is 10.5 Å². The maximum absolute atomic E-state index is 5.63. The Kier molecular flexibility index (Phi) is 4.70. The van der Waals surface area contributed by atoms with E-state index >= 15 is 0 Å². The molecular formula is C10H12ClNOS. The Hall–Kier alpha value is -0.800. The number of nitrogens with two attached hydrogens (primary N) is 1. The van der Waals surface area contributed by atoms with Gasteiger partial charge in [-0.05, 0) is 12.1 Å². The van der Waals surface area contributed by atoms with Crippen molar-refractivity contribution in [3.63, 3.8) is 0 Å². The third kappa shape index (κ3) is 3.16. The number of hydrogen-bond acceptors (Lipinski definition) is 3. The van der Waals surface area contributed by atoms with Crippen molar-refractivity contribution in [2.45, 2.75) is 4.90 Å². The van der Waals surface area contributed by atoms with Crippen LogP contribution in [-0.4, -0.2) is 12.9 Å². The highest BCUT2D eigenvalue weighted by Gasteiger charge is 2.02. The Balaban J connectivity index is 2.74. The third-order valence-corrected chi connectivity index (χ3v) is 2.80. The molecule has 0 spiro atoms. The molecule has 0 amide bonds. The molecule has 0 aliphatic heterocycles. The smallest absolute Gasteiger partial charge is 0.134 e. The molecule has 0 fully saturated rings. The predicted octanol–water partition coefficient (Wildman–Crippen LogP) is 3.12. The van der Waals surface area contributed by atoms with Crippen molar-refractivity contribution in [3.05, 3.63) is 29.8 Å². The summed E-state index contributed by atoms with van der Waals surface area (Å²) in [5.74, 6) is 1.63. The summed E-state index contributed by atoms with van der Waals surface area (Å²) >= 11 is 7.07. The Morgan fingerprint density at radius 3 is 3.00 bits per heavy atom. The summed E-state index contributed by atoms with van der Waals surface area (Å²) in [5.41, 5.74) is 7.85. The van der Waals surface area contributed by atoms with E-state index in [1.807, 2.05) is 24.3 Å². The van der Waals surface area contributed by atoms with Gasteiger partial charge in [-0.1, -0.05) is 17.7 Å². The highest BCUT2D eigenvalue weighted by atomic mass is 35.5. The van der Waals surface area contributed by atoms with Gasteiger partial charge in [-0.2, -0.15) is 0 Å². The molecule has 0 atom stereocenters. The summed E-state index contributed by atoms with van der Waals surface area (Å²) in [6.07, 6.45) is 1.88. The molecule has 0 aromatic heterocycles. The first-order chi connectivity index (χ1) is 6.77. The summed E-state index contributed by atoms with van der Waals surface area (Å²) in [5, 5.41) is 0. The zero-order valence-electron chi connectivity index (χ0n) is 7.87. The quantitative estimate of drug-likeness (QED) is 0.637. The normalized spacial score (nSPS) is 10.7. The molecule has 76 valence electrons. The van der Waals surface area contributed by atoms with E-state index in [0.717, 1.165) is 16.4 Å². The second-order valence-corrected chi connectivity index (χ2v) is 3.90. The molecule has 14 heavy (non-hydrogen) atoms. The van der Waals surface area contributed by atoms with Crippen molar-refractivity contribution in [2.24, 2.45) is 0 Å². The lowest BCUT2D eigenvalue weighted by atomic mass is 10.3. The molecule has 0 bridgehead atoms. The SMILES string of the molecule is COc1cc(N)ccc1SCC=CCl. The number of hydrogen-bond donors (Lipinski definition) is 1. The Labute approximate surface area is 93.1 Å². The fraction of sp³-hybridized carbons (Fsp3) is 0.200. The zero-order valence-corrected chi connectivity index (χ0v) is 9.44. The largest absolute Gasteiger partial charge is 0.496 e. The number of anilines is 1. The van der Waals surface area contributed by atoms with Gasteiger partial charge in [0.15, 0.2) is 0 Å². The van der Waals surface area contributed by atoms with E-state index in [-0.39, 0.29) is 0 Å². The molecule has 4 heteroatoms. The van der Waals surface area contributed by atoms with Crippen molar-refractivity contribution >= 4 is 29.1 Å². The molecular weight excluding hydrogens is 218 g/mol. The maximum atomic E-state index is 5.63. The van der Waals surface area contributed by atoms with Crippen LogP contribution in [0.4, 0.5) is 5.69 Å². The number of nitrogen functional groups attached to an aromatic ring is 1. The maximum Gasteiger partial charge on any atom is 0.134 e. The number of halogens is 1. The van der Waals surface area contributed by atoms with Crippen molar-refractivity contribution in [1.82, 2.24) is 0 Å². The minimum atomic E-state index is 0.707. The fourth-order valence-electron chi connectivity index (χ4n) is 0.978. The van der Waals surface area contributed by atoms with E-state index < -0.39 is 0 Å². The lowest BCUT2D eigenvalue weighted by Gasteiger charge is -2.07. The van der Waals surface area contributed by atoms with Crippen LogP contribution in [0.5, 0.6) is 5.75 Å². The minimum absolute atomic E-state index is 0.707. The van der Waals surface area contributed by atoms with Gasteiger partial charge >= 0.3 is 0 Å². The van der Waals surface area contributed by atoms with Gasteiger partial charge in [-0.15, -0.1) is 11.8 Å². The fourth-order valence-corrected chi connectivity index (χ4v) is 1.99. The van der Waals surface area contributed by atoms with Crippen molar-refractivity contribution in [3.8, 4) is 5.75 Å². The summed E-state index contributed by atoms with van der Waals surface area (Å²) in [4.78, 5) is 1.07. The number of ether oxygens (including phenoxy) is 1. The Bertz CT molecular complexity index is 328. The van der Waals surface area contributed by atoms with Crippen LogP contribution in [0.2, 0.25) is 0 Å². The summed E-state index contributed by atoms with van der Waals surface area (Å²) in [6, 6.07) is 5.61. The van der Waals surface area contributed by atoms with Crippen molar-refractivity contribution < 1.29 is 4.74 Å². The van der Waals surface area contributed by atoms with E-state index in [1.165, 1.54) is 5.54 Å². The predicted molar refractivity (Wildman–Crippen MR) is 63.1 cm³/mol. The molecule has 1 aromatic carbocycles. The molecule has 0 radical (unpaired) electrons. The van der Waals surface area contributed by atoms with Gasteiger partial charge in [0.05, 0.1) is 7.11 Å². The number of thioether (sulfide) groups is 1. The van der Waals surface area contributed by atoms with Crippen LogP contribution in [0, 0.1) is 0 Å². The molecule has 0 saturated heterocycles. The molecule has 1 rings (SSSR count). The highest BCUT2D eigenvalue weighted by Crippen LogP contribution is 2.30. The summed E-state index contributed by atoms with van der Waals surface area (Å²) < 4.78 is 5.20. The van der Waals surface area contributed by atoms with Gasteiger partial charge in [-0.3, -0.25) is 0 Å². The van der Waals surface area contributed by atoms with Crippen LogP contribution in [-0.2, 0) is 0 Å². The number of benzene rings is 1. The number of methoxy groups -OCH3 is 1. The molecule has 2 N–H and O–H groups in total. The number of rotatable bonds is 4. The van der Waals surface area contributed by atoms with Gasteiger partial charge in [0, 0.05) is 27.9 Å². The monoisotopic (exact) mass is 229 g/mol. The lowest BCUT2D eigenvalue weighted by molar-refractivity contribution is 0.405. The first-order valence-electron chi connectivity index (χ1n) is 4.09. The first-order valence-corrected chi connectivity index (χ1v) is 5.51. The average Bonchev–Trinajstić information content (AvgIpc) is 2.20. The second-order valence-electron chi connectivity index (χ2n) is 2.58. The molecule has 0 saturated carbocycles. The topological polar surface area (TPSA) is 35.2 Å².